The SMILES string of the molecule is CCCCCC/C=C\CCCCCCCC/C=C\OC(COC(=O)CCCCCCCCCCC/C=C\CCCCCCCC)COP(=O)([O-])OCC[N+](C)(C)C. The molecular formula is C48H92NO7P. The molecule has 2 unspecified atom stereocenters. The van der Waals surface area contributed by atoms with E-state index in [0.29, 0.717) is 17.4 Å². The van der Waals surface area contributed by atoms with Gasteiger partial charge < -0.3 is 27.9 Å². The average molecular weight is 826 g/mol. The van der Waals surface area contributed by atoms with Crippen molar-refractivity contribution in [3.05, 3.63) is 36.6 Å². The highest BCUT2D eigenvalue weighted by atomic mass is 31.2. The maximum absolute atomic E-state index is 12.5. The lowest BCUT2D eigenvalue weighted by molar-refractivity contribution is -0.870. The van der Waals surface area contributed by atoms with Crippen molar-refractivity contribution in [3.63, 3.8) is 0 Å². The van der Waals surface area contributed by atoms with E-state index in [0.717, 1.165) is 32.1 Å². The Hall–Kier alpha value is -1.44. The van der Waals surface area contributed by atoms with Crippen molar-refractivity contribution in [1.29, 1.82) is 0 Å². The molecule has 0 aliphatic heterocycles. The van der Waals surface area contributed by atoms with Crippen LogP contribution in [0.15, 0.2) is 36.6 Å². The molecule has 0 rings (SSSR count). The van der Waals surface area contributed by atoms with Crippen LogP contribution >= 0.6 is 7.82 Å². The number of carbonyl (C=O) groups is 1. The maximum atomic E-state index is 12.5. The van der Waals surface area contributed by atoms with E-state index in [9.17, 15) is 14.3 Å². The van der Waals surface area contributed by atoms with E-state index in [2.05, 4.69) is 38.2 Å². The van der Waals surface area contributed by atoms with Crippen LogP contribution in [0.3, 0.4) is 0 Å². The molecular weight excluding hydrogens is 734 g/mol. The molecule has 57 heavy (non-hydrogen) atoms. The van der Waals surface area contributed by atoms with E-state index < -0.39 is 13.9 Å². The summed E-state index contributed by atoms with van der Waals surface area (Å²) in [4.78, 5) is 24.9. The highest BCUT2D eigenvalue weighted by molar-refractivity contribution is 7.45. The first-order chi connectivity index (χ1) is 27.6. The van der Waals surface area contributed by atoms with E-state index in [-0.39, 0.29) is 25.8 Å². The predicted molar refractivity (Wildman–Crippen MR) is 240 cm³/mol. The molecule has 336 valence electrons. The average Bonchev–Trinajstić information content (AvgIpc) is 3.17. The van der Waals surface area contributed by atoms with Gasteiger partial charge in [0.25, 0.3) is 7.82 Å². The van der Waals surface area contributed by atoms with Crippen molar-refractivity contribution in [2.45, 2.75) is 219 Å². The molecule has 0 aromatic carbocycles. The zero-order valence-corrected chi connectivity index (χ0v) is 38.9. The first kappa shape index (κ1) is 55.6. The number of hydrogen-bond donors (Lipinski definition) is 0. The van der Waals surface area contributed by atoms with E-state index in [1.165, 1.54) is 161 Å². The summed E-state index contributed by atoms with van der Waals surface area (Å²) in [6, 6.07) is 0. The van der Waals surface area contributed by atoms with E-state index in [1.807, 2.05) is 27.2 Å². The number of rotatable bonds is 44. The van der Waals surface area contributed by atoms with Gasteiger partial charge in [0, 0.05) is 6.42 Å². The second kappa shape index (κ2) is 41.3. The fraction of sp³-hybridized carbons (Fsp3) is 0.854. The third-order valence-electron chi connectivity index (χ3n) is 10.3. The van der Waals surface area contributed by atoms with Crippen molar-refractivity contribution in [2.75, 3.05) is 47.5 Å². The molecule has 0 radical (unpaired) electrons. The molecule has 0 fully saturated rings. The van der Waals surface area contributed by atoms with Gasteiger partial charge in [-0.25, -0.2) is 0 Å². The second-order valence-electron chi connectivity index (χ2n) is 17.2. The number of carbonyl (C=O) groups excluding carboxylic acids is 1. The topological polar surface area (TPSA) is 94.1 Å². The van der Waals surface area contributed by atoms with Crippen LogP contribution in [0.1, 0.15) is 213 Å². The largest absolute Gasteiger partial charge is 0.756 e. The van der Waals surface area contributed by atoms with Crippen LogP contribution in [0.5, 0.6) is 0 Å². The van der Waals surface area contributed by atoms with Crippen LogP contribution < -0.4 is 4.89 Å². The molecule has 9 heteroatoms. The highest BCUT2D eigenvalue weighted by Crippen LogP contribution is 2.38. The Morgan fingerprint density at radius 2 is 0.930 bits per heavy atom. The maximum Gasteiger partial charge on any atom is 0.305 e. The summed E-state index contributed by atoms with van der Waals surface area (Å²) < 4.78 is 34.4. The van der Waals surface area contributed by atoms with Crippen LogP contribution in [0.2, 0.25) is 0 Å². The molecule has 0 amide bonds. The van der Waals surface area contributed by atoms with Crippen LogP contribution in [0.25, 0.3) is 0 Å². The minimum Gasteiger partial charge on any atom is -0.756 e. The Labute approximate surface area is 353 Å². The lowest BCUT2D eigenvalue weighted by Gasteiger charge is -2.28. The van der Waals surface area contributed by atoms with Crippen LogP contribution in [0, 0.1) is 0 Å². The standard InChI is InChI=1S/C48H92NO7P/c1-6-8-10-12-14-16-18-20-22-24-25-26-27-29-31-33-35-37-39-41-48(50)54-45-47(46-56-57(51,52)55-44-42-49(3,4)5)53-43-40-38-36-34-32-30-28-23-21-19-17-15-13-11-9-7-2/h17,19-20,22,40,43,47H,6-16,18,21,23-39,41-42,44-46H2,1-5H3/b19-17-,22-20-,43-40-. The Bertz CT molecular complexity index is 1010. The van der Waals surface area contributed by atoms with Gasteiger partial charge in [0.15, 0.2) is 6.10 Å². The first-order valence-electron chi connectivity index (χ1n) is 23.8. The molecule has 0 aromatic heterocycles. The van der Waals surface area contributed by atoms with Crippen molar-refractivity contribution in [3.8, 4) is 0 Å². The van der Waals surface area contributed by atoms with Gasteiger partial charge in [-0.05, 0) is 76.7 Å². The quantitative estimate of drug-likeness (QED) is 0.0151. The van der Waals surface area contributed by atoms with E-state index >= 15 is 0 Å². The Morgan fingerprint density at radius 3 is 1.37 bits per heavy atom. The number of nitrogens with zero attached hydrogens (tertiary/aromatic N) is 1. The molecule has 8 nitrogen and oxygen atoms in total. The fourth-order valence-corrected chi connectivity index (χ4v) is 7.19. The van der Waals surface area contributed by atoms with Gasteiger partial charge in [0.2, 0.25) is 0 Å². The molecule has 0 N–H and O–H groups in total. The predicted octanol–water partition coefficient (Wildman–Crippen LogP) is 13.9. The summed E-state index contributed by atoms with van der Waals surface area (Å²) in [5.41, 5.74) is 0. The van der Waals surface area contributed by atoms with Gasteiger partial charge in [-0.15, -0.1) is 0 Å². The molecule has 0 saturated heterocycles. The van der Waals surface area contributed by atoms with Gasteiger partial charge in [-0.2, -0.15) is 0 Å². The number of esters is 1. The molecule has 0 spiro atoms. The molecule has 0 heterocycles. The summed E-state index contributed by atoms with van der Waals surface area (Å²) in [6.07, 6.45) is 49.7. The van der Waals surface area contributed by atoms with Gasteiger partial charge in [-0.3, -0.25) is 9.36 Å². The van der Waals surface area contributed by atoms with Crippen molar-refractivity contribution in [2.24, 2.45) is 0 Å². The lowest BCUT2D eigenvalue weighted by atomic mass is 10.1. The zero-order chi connectivity index (χ0) is 42.0. The number of ether oxygens (including phenoxy) is 2. The first-order valence-corrected chi connectivity index (χ1v) is 25.2. The number of allylic oxidation sites excluding steroid dienone is 5. The molecule has 0 saturated carbocycles. The minimum atomic E-state index is -4.52. The third-order valence-corrected chi connectivity index (χ3v) is 11.2. The summed E-state index contributed by atoms with van der Waals surface area (Å²) >= 11 is 0. The lowest BCUT2D eigenvalue weighted by Crippen LogP contribution is -2.37. The minimum absolute atomic E-state index is 0.0260. The number of quaternary nitrogens is 1. The molecule has 0 aromatic rings. The molecule has 0 bridgehead atoms. The number of phosphoric ester groups is 1. The number of hydrogen-bond acceptors (Lipinski definition) is 7. The second-order valence-corrected chi connectivity index (χ2v) is 18.6. The van der Waals surface area contributed by atoms with Gasteiger partial charge in [-0.1, -0.05) is 160 Å². The fourth-order valence-electron chi connectivity index (χ4n) is 6.46. The van der Waals surface area contributed by atoms with Crippen LogP contribution in [-0.2, 0) is 27.9 Å². The van der Waals surface area contributed by atoms with Gasteiger partial charge in [0.1, 0.15) is 19.8 Å². The Balaban J connectivity index is 4.22. The Kier molecular flexibility index (Phi) is 40.3. The van der Waals surface area contributed by atoms with E-state index in [4.69, 9.17) is 18.5 Å². The number of likely N-dealkylation sites (N-methyl/N-ethyl adjacent to an activating group) is 1. The summed E-state index contributed by atoms with van der Waals surface area (Å²) in [5, 5.41) is 0. The monoisotopic (exact) mass is 826 g/mol. The molecule has 0 aliphatic carbocycles. The van der Waals surface area contributed by atoms with Crippen molar-refractivity contribution < 1.29 is 37.3 Å². The zero-order valence-electron chi connectivity index (χ0n) is 38.0. The van der Waals surface area contributed by atoms with Crippen LogP contribution in [0.4, 0.5) is 0 Å². The van der Waals surface area contributed by atoms with Gasteiger partial charge in [0.05, 0.1) is 34.0 Å². The smallest absolute Gasteiger partial charge is 0.305 e. The number of phosphoric acid groups is 1. The van der Waals surface area contributed by atoms with Crippen LogP contribution in [-0.4, -0.2) is 64.1 Å². The highest BCUT2D eigenvalue weighted by Gasteiger charge is 2.19. The van der Waals surface area contributed by atoms with Gasteiger partial charge >= 0.3 is 5.97 Å². The molecule has 0 aliphatic rings. The normalized spacial score (nSPS) is 13.9. The number of unbranched alkanes of at least 4 members (excludes halogenated alkanes) is 26. The summed E-state index contributed by atoms with van der Waals surface area (Å²) in [5.74, 6) is -0.295. The van der Waals surface area contributed by atoms with Crippen molar-refractivity contribution in [1.82, 2.24) is 0 Å². The Morgan fingerprint density at radius 1 is 0.544 bits per heavy atom. The van der Waals surface area contributed by atoms with Crippen molar-refractivity contribution >= 4 is 13.8 Å². The van der Waals surface area contributed by atoms with E-state index in [1.54, 1.807) is 6.26 Å². The molecule has 2 atom stereocenters. The summed E-state index contributed by atoms with van der Waals surface area (Å²) in [7, 11) is 1.36. The summed E-state index contributed by atoms with van der Waals surface area (Å²) in [6.45, 7) is 4.70. The third kappa shape index (κ3) is 45.5.